The maximum atomic E-state index is 4.28. The zero-order valence-electron chi connectivity index (χ0n) is 9.38. The first-order valence-electron chi connectivity index (χ1n) is 5.35. The van der Waals surface area contributed by atoms with Crippen LogP contribution in [-0.2, 0) is 0 Å². The number of hydrogen-bond acceptors (Lipinski definition) is 2. The van der Waals surface area contributed by atoms with Crippen molar-refractivity contribution in [2.45, 2.75) is 33.6 Å². The van der Waals surface area contributed by atoms with Gasteiger partial charge in [-0.2, -0.15) is 0 Å². The van der Waals surface area contributed by atoms with Crippen molar-refractivity contribution in [1.29, 1.82) is 0 Å². The van der Waals surface area contributed by atoms with E-state index in [1.807, 2.05) is 12.3 Å². The Hall–Kier alpha value is -1.05. The van der Waals surface area contributed by atoms with Crippen LogP contribution in [-0.4, -0.2) is 11.5 Å². The Morgan fingerprint density at radius 1 is 1.36 bits per heavy atom. The second kappa shape index (κ2) is 5.63. The maximum Gasteiger partial charge on any atom is 0.125 e. The molecule has 14 heavy (non-hydrogen) atoms. The van der Waals surface area contributed by atoms with Crippen LogP contribution in [0.15, 0.2) is 18.3 Å². The van der Waals surface area contributed by atoms with Crippen LogP contribution in [0.2, 0.25) is 0 Å². The van der Waals surface area contributed by atoms with Gasteiger partial charge >= 0.3 is 0 Å². The summed E-state index contributed by atoms with van der Waals surface area (Å²) in [5.74, 6) is 1.78. The summed E-state index contributed by atoms with van der Waals surface area (Å²) in [5, 5.41) is 3.32. The molecule has 0 spiro atoms. The highest BCUT2D eigenvalue weighted by Gasteiger charge is 1.95. The van der Waals surface area contributed by atoms with Crippen LogP contribution in [0.1, 0.15) is 32.3 Å². The number of aromatic nitrogens is 1. The number of rotatable bonds is 5. The van der Waals surface area contributed by atoms with E-state index >= 15 is 0 Å². The van der Waals surface area contributed by atoms with E-state index in [0.717, 1.165) is 18.3 Å². The molecule has 1 rings (SSSR count). The van der Waals surface area contributed by atoms with E-state index in [0.29, 0.717) is 0 Å². The van der Waals surface area contributed by atoms with Gasteiger partial charge in [-0.05, 0) is 37.3 Å². The molecule has 1 N–H and O–H groups in total. The first-order valence-corrected chi connectivity index (χ1v) is 5.35. The van der Waals surface area contributed by atoms with Crippen molar-refractivity contribution >= 4 is 5.82 Å². The molecule has 0 amide bonds. The minimum absolute atomic E-state index is 0.794. The molecule has 1 aromatic heterocycles. The minimum Gasteiger partial charge on any atom is -0.370 e. The maximum absolute atomic E-state index is 4.28. The van der Waals surface area contributed by atoms with Crippen molar-refractivity contribution in [2.75, 3.05) is 11.9 Å². The Morgan fingerprint density at radius 3 is 2.71 bits per heavy atom. The average molecular weight is 192 g/mol. The topological polar surface area (TPSA) is 24.9 Å². The van der Waals surface area contributed by atoms with Gasteiger partial charge in [0.1, 0.15) is 5.82 Å². The number of pyridine rings is 1. The van der Waals surface area contributed by atoms with Crippen molar-refractivity contribution in [3.8, 4) is 0 Å². The van der Waals surface area contributed by atoms with Crippen LogP contribution in [0.3, 0.4) is 0 Å². The summed E-state index contributed by atoms with van der Waals surface area (Å²) in [5.41, 5.74) is 1.21. The molecule has 1 heterocycles. The molecule has 0 fully saturated rings. The van der Waals surface area contributed by atoms with Gasteiger partial charge in [0, 0.05) is 12.7 Å². The molecule has 0 saturated heterocycles. The SMILES string of the molecule is Cc1ccc(NCCCC(C)C)nc1. The molecular weight excluding hydrogens is 172 g/mol. The number of nitrogens with one attached hydrogen (secondary N) is 1. The summed E-state index contributed by atoms with van der Waals surface area (Å²) in [6.07, 6.45) is 4.39. The first-order chi connectivity index (χ1) is 6.68. The van der Waals surface area contributed by atoms with Crippen LogP contribution in [0.25, 0.3) is 0 Å². The quantitative estimate of drug-likeness (QED) is 0.724. The summed E-state index contributed by atoms with van der Waals surface area (Å²) in [6.45, 7) is 7.58. The van der Waals surface area contributed by atoms with Crippen LogP contribution in [0, 0.1) is 12.8 Å². The Balaban J connectivity index is 2.21. The second-order valence-electron chi connectivity index (χ2n) is 4.18. The molecule has 78 valence electrons. The Kier molecular flexibility index (Phi) is 4.44. The highest BCUT2D eigenvalue weighted by molar-refractivity contribution is 5.34. The van der Waals surface area contributed by atoms with Crippen LogP contribution in [0.5, 0.6) is 0 Å². The Morgan fingerprint density at radius 2 is 2.14 bits per heavy atom. The normalized spacial score (nSPS) is 10.6. The molecule has 0 aliphatic heterocycles. The number of hydrogen-bond donors (Lipinski definition) is 1. The Bertz CT molecular complexity index is 252. The van der Waals surface area contributed by atoms with Gasteiger partial charge in [0.25, 0.3) is 0 Å². The molecule has 2 heteroatoms. The number of nitrogens with zero attached hydrogens (tertiary/aromatic N) is 1. The average Bonchev–Trinajstić information content (AvgIpc) is 2.15. The highest BCUT2D eigenvalue weighted by Crippen LogP contribution is 2.06. The lowest BCUT2D eigenvalue weighted by molar-refractivity contribution is 0.566. The van der Waals surface area contributed by atoms with E-state index in [-0.39, 0.29) is 0 Å². The molecule has 0 aliphatic carbocycles. The van der Waals surface area contributed by atoms with Crippen LogP contribution >= 0.6 is 0 Å². The lowest BCUT2D eigenvalue weighted by Gasteiger charge is -2.06. The second-order valence-corrected chi connectivity index (χ2v) is 4.18. The van der Waals surface area contributed by atoms with E-state index in [1.54, 1.807) is 0 Å². The minimum atomic E-state index is 0.794. The lowest BCUT2D eigenvalue weighted by atomic mass is 10.1. The molecule has 0 aliphatic rings. The fraction of sp³-hybridized carbons (Fsp3) is 0.583. The van der Waals surface area contributed by atoms with Crippen molar-refractivity contribution < 1.29 is 0 Å². The van der Waals surface area contributed by atoms with Crippen LogP contribution in [0.4, 0.5) is 5.82 Å². The zero-order chi connectivity index (χ0) is 10.4. The van der Waals surface area contributed by atoms with E-state index in [2.05, 4.69) is 37.1 Å². The molecule has 1 aromatic rings. The molecule has 0 unspecified atom stereocenters. The third-order valence-electron chi connectivity index (χ3n) is 2.18. The van der Waals surface area contributed by atoms with Gasteiger partial charge in [-0.1, -0.05) is 19.9 Å². The van der Waals surface area contributed by atoms with Gasteiger partial charge in [0.15, 0.2) is 0 Å². The van der Waals surface area contributed by atoms with Crippen LogP contribution < -0.4 is 5.32 Å². The predicted octanol–water partition coefficient (Wildman–Crippen LogP) is 3.24. The monoisotopic (exact) mass is 192 g/mol. The van der Waals surface area contributed by atoms with Gasteiger partial charge < -0.3 is 5.32 Å². The van der Waals surface area contributed by atoms with Crippen molar-refractivity contribution in [3.63, 3.8) is 0 Å². The summed E-state index contributed by atoms with van der Waals surface area (Å²) < 4.78 is 0. The highest BCUT2D eigenvalue weighted by atomic mass is 15.0. The number of anilines is 1. The lowest BCUT2D eigenvalue weighted by Crippen LogP contribution is -2.04. The molecule has 0 bridgehead atoms. The van der Waals surface area contributed by atoms with E-state index in [4.69, 9.17) is 0 Å². The third-order valence-corrected chi connectivity index (χ3v) is 2.18. The molecule has 0 saturated carbocycles. The van der Waals surface area contributed by atoms with E-state index in [1.165, 1.54) is 18.4 Å². The van der Waals surface area contributed by atoms with Crippen molar-refractivity contribution in [2.24, 2.45) is 5.92 Å². The van der Waals surface area contributed by atoms with Crippen molar-refractivity contribution in [1.82, 2.24) is 4.98 Å². The first kappa shape index (κ1) is 11.0. The number of aryl methyl sites for hydroxylation is 1. The van der Waals surface area contributed by atoms with Gasteiger partial charge in [-0.25, -0.2) is 4.98 Å². The Labute approximate surface area is 86.8 Å². The third kappa shape index (κ3) is 4.26. The molecule has 0 atom stereocenters. The van der Waals surface area contributed by atoms with Gasteiger partial charge in [0.05, 0.1) is 0 Å². The van der Waals surface area contributed by atoms with Gasteiger partial charge in [-0.3, -0.25) is 0 Å². The van der Waals surface area contributed by atoms with E-state index in [9.17, 15) is 0 Å². The fourth-order valence-electron chi connectivity index (χ4n) is 1.30. The predicted molar refractivity (Wildman–Crippen MR) is 61.5 cm³/mol. The fourth-order valence-corrected chi connectivity index (χ4v) is 1.30. The smallest absolute Gasteiger partial charge is 0.125 e. The summed E-state index contributed by atoms with van der Waals surface area (Å²) >= 11 is 0. The molecule has 2 nitrogen and oxygen atoms in total. The summed E-state index contributed by atoms with van der Waals surface area (Å²) in [6, 6.07) is 4.11. The van der Waals surface area contributed by atoms with Gasteiger partial charge in [-0.15, -0.1) is 0 Å². The van der Waals surface area contributed by atoms with E-state index < -0.39 is 0 Å². The largest absolute Gasteiger partial charge is 0.370 e. The molecule has 0 radical (unpaired) electrons. The van der Waals surface area contributed by atoms with Crippen molar-refractivity contribution in [3.05, 3.63) is 23.9 Å². The zero-order valence-corrected chi connectivity index (χ0v) is 9.38. The standard InChI is InChI=1S/C12H20N2/c1-10(2)5-4-8-13-12-7-6-11(3)9-14-12/h6-7,9-10H,4-5,8H2,1-3H3,(H,13,14). The molecule has 0 aromatic carbocycles. The van der Waals surface area contributed by atoms with Gasteiger partial charge in [0.2, 0.25) is 0 Å². The molecular formula is C12H20N2. The summed E-state index contributed by atoms with van der Waals surface area (Å²) in [4.78, 5) is 4.28. The summed E-state index contributed by atoms with van der Waals surface area (Å²) in [7, 11) is 0.